The highest BCUT2D eigenvalue weighted by Gasteiger charge is 2.60. The number of amides is 2. The Kier molecular flexibility index (Phi) is 6.97. The second-order valence-corrected chi connectivity index (χ2v) is 11.1. The van der Waals surface area contributed by atoms with Gasteiger partial charge in [0, 0.05) is 49.8 Å². The van der Waals surface area contributed by atoms with Gasteiger partial charge in [-0.05, 0) is 49.4 Å². The summed E-state index contributed by atoms with van der Waals surface area (Å²) >= 11 is 0. The van der Waals surface area contributed by atoms with Crippen LogP contribution >= 0.6 is 0 Å². The fourth-order valence-corrected chi connectivity index (χ4v) is 6.17. The molecule has 220 valence electrons. The van der Waals surface area contributed by atoms with E-state index in [0.717, 1.165) is 5.56 Å². The summed E-state index contributed by atoms with van der Waals surface area (Å²) in [7, 11) is 3.51. The highest BCUT2D eigenvalue weighted by atomic mass is 16.6. The van der Waals surface area contributed by atoms with E-state index in [9.17, 15) is 39.6 Å². The van der Waals surface area contributed by atoms with Crippen molar-refractivity contribution in [3.8, 4) is 11.5 Å². The van der Waals surface area contributed by atoms with Crippen LogP contribution in [0.4, 0.5) is 10.5 Å². The van der Waals surface area contributed by atoms with Gasteiger partial charge in [-0.1, -0.05) is 17.7 Å². The summed E-state index contributed by atoms with van der Waals surface area (Å²) in [6, 6.07) is 8.49. The minimum atomic E-state index is -2.64. The lowest BCUT2D eigenvalue weighted by atomic mass is 9.59. The Bertz CT molecular complexity index is 1610. The molecule has 0 heterocycles. The summed E-state index contributed by atoms with van der Waals surface area (Å²) in [5.74, 6) is -6.65. The number of hydrogen-bond acceptors (Lipinski definition) is 10. The molecule has 0 aliphatic heterocycles. The molecule has 1 saturated carbocycles. The number of hydrogen-bond donors (Lipinski definition) is 6. The lowest BCUT2D eigenvalue weighted by molar-refractivity contribution is -0.147. The first-order valence-electron chi connectivity index (χ1n) is 13.3. The smallest absolute Gasteiger partial charge is 0.412 e. The van der Waals surface area contributed by atoms with Crippen molar-refractivity contribution in [1.29, 1.82) is 0 Å². The number of fused-ring (bicyclic) bond motifs is 3. The number of Topliss-reactive ketones (excluding diaryl/α,β-unsaturated/α-hetero) is 2. The lowest BCUT2D eigenvalue weighted by Gasteiger charge is -2.46. The van der Waals surface area contributed by atoms with Crippen LogP contribution in [0.15, 0.2) is 47.2 Å². The molecule has 1 fully saturated rings. The van der Waals surface area contributed by atoms with E-state index < -0.39 is 70.3 Å². The van der Waals surface area contributed by atoms with Gasteiger partial charge in [-0.2, -0.15) is 0 Å². The molecule has 2 amide bonds. The second kappa shape index (κ2) is 10.2. The first-order chi connectivity index (χ1) is 19.7. The number of nitrogens with two attached hydrogens (primary N) is 1. The average molecular weight is 578 g/mol. The number of aliphatic hydroxyl groups is 3. The van der Waals surface area contributed by atoms with E-state index in [2.05, 4.69) is 5.32 Å². The minimum Gasteiger partial charge on any atom is -0.508 e. The summed E-state index contributed by atoms with van der Waals surface area (Å²) in [6.45, 7) is 1.70. The van der Waals surface area contributed by atoms with Gasteiger partial charge in [-0.15, -0.1) is 0 Å². The summed E-state index contributed by atoms with van der Waals surface area (Å²) in [4.78, 5) is 52.3. The van der Waals surface area contributed by atoms with Crippen molar-refractivity contribution >= 4 is 35.0 Å². The van der Waals surface area contributed by atoms with E-state index in [1.54, 1.807) is 49.3 Å². The van der Waals surface area contributed by atoms with Crippen molar-refractivity contribution in [3.05, 3.63) is 69.5 Å². The number of ketones is 2. The van der Waals surface area contributed by atoms with Gasteiger partial charge in [0.15, 0.2) is 11.4 Å². The Hall–Kier alpha value is -4.84. The molecule has 0 saturated heterocycles. The molecule has 12 nitrogen and oxygen atoms in total. The quantitative estimate of drug-likeness (QED) is 0.286. The van der Waals surface area contributed by atoms with E-state index >= 15 is 0 Å². The Morgan fingerprint density at radius 1 is 1.12 bits per heavy atom. The third kappa shape index (κ3) is 4.44. The maximum atomic E-state index is 13.8. The monoisotopic (exact) mass is 577 g/mol. The van der Waals surface area contributed by atoms with Crippen LogP contribution in [-0.4, -0.2) is 63.7 Å². The first kappa shape index (κ1) is 28.7. The van der Waals surface area contributed by atoms with Crippen LogP contribution in [0.3, 0.4) is 0 Å². The van der Waals surface area contributed by atoms with Crippen LogP contribution < -0.4 is 20.7 Å². The molecule has 2 aromatic rings. The molecule has 3 aliphatic carbocycles. The molecular formula is C30H31N3O9. The Morgan fingerprint density at radius 2 is 1.79 bits per heavy atom. The highest BCUT2D eigenvalue weighted by molar-refractivity contribution is 6.22. The topological polar surface area (TPSA) is 200 Å². The number of primary amides is 1. The van der Waals surface area contributed by atoms with E-state index in [0.29, 0.717) is 17.0 Å². The van der Waals surface area contributed by atoms with E-state index in [1.165, 1.54) is 0 Å². The van der Waals surface area contributed by atoms with Gasteiger partial charge in [0.2, 0.25) is 5.78 Å². The molecule has 0 bridgehead atoms. The number of phenols is 1. The summed E-state index contributed by atoms with van der Waals surface area (Å²) in [5.41, 5.74) is 3.77. The standard InChI is InChI=1S/C30H31N3O9/c1-13-4-6-17(7-5-13)42-29(40)32-12-15-10-19(33(2)3)18-9-14-8-16-11-20(34)23(28(31)39)27(38)30(16,41)26(37)21(14)25(36)22(18)24(15)35/h4-7,10,14,16,35-36,38,41H,8-9,11-12H2,1-3H3,(H2,31,39)(H,32,40)/t14?,16?,30-/m0/s1. The number of carbonyl (C=O) groups is 4. The molecule has 42 heavy (non-hydrogen) atoms. The summed E-state index contributed by atoms with van der Waals surface area (Å²) in [5, 5.41) is 47.5. The third-order valence-electron chi connectivity index (χ3n) is 8.26. The van der Waals surface area contributed by atoms with Gasteiger partial charge in [-0.25, -0.2) is 4.79 Å². The third-order valence-corrected chi connectivity index (χ3v) is 8.26. The molecule has 0 spiro atoms. The van der Waals surface area contributed by atoms with Crippen LogP contribution in [0, 0.1) is 18.8 Å². The van der Waals surface area contributed by atoms with Crippen molar-refractivity contribution in [3.63, 3.8) is 0 Å². The Balaban J connectivity index is 1.54. The zero-order valence-electron chi connectivity index (χ0n) is 23.2. The van der Waals surface area contributed by atoms with Crippen molar-refractivity contribution in [2.24, 2.45) is 17.6 Å². The number of aliphatic hydroxyl groups excluding tert-OH is 2. The van der Waals surface area contributed by atoms with E-state index in [1.807, 2.05) is 6.92 Å². The van der Waals surface area contributed by atoms with Crippen LogP contribution in [0.2, 0.25) is 0 Å². The summed E-state index contributed by atoms with van der Waals surface area (Å²) < 4.78 is 5.27. The van der Waals surface area contributed by atoms with E-state index in [-0.39, 0.29) is 36.1 Å². The predicted octanol–water partition coefficient (Wildman–Crippen LogP) is 2.09. The van der Waals surface area contributed by atoms with Gasteiger partial charge in [-0.3, -0.25) is 14.4 Å². The zero-order valence-corrected chi connectivity index (χ0v) is 23.2. The largest absolute Gasteiger partial charge is 0.508 e. The number of phenolic OH excluding ortho intramolecular Hbond substituents is 1. The van der Waals surface area contributed by atoms with E-state index in [4.69, 9.17) is 10.5 Å². The fourth-order valence-electron chi connectivity index (χ4n) is 6.17. The molecule has 2 aromatic carbocycles. The molecule has 5 rings (SSSR count). The molecular weight excluding hydrogens is 546 g/mol. The van der Waals surface area contributed by atoms with Crippen LogP contribution in [0.5, 0.6) is 11.5 Å². The highest BCUT2D eigenvalue weighted by Crippen LogP contribution is 2.53. The number of nitrogens with zero attached hydrogens (tertiary/aromatic N) is 1. The number of rotatable bonds is 5. The Morgan fingerprint density at radius 3 is 2.40 bits per heavy atom. The maximum Gasteiger partial charge on any atom is 0.412 e. The number of aryl methyl sites for hydroxylation is 1. The second-order valence-electron chi connectivity index (χ2n) is 11.1. The van der Waals surface area contributed by atoms with Gasteiger partial charge in [0.1, 0.15) is 28.6 Å². The molecule has 0 aromatic heterocycles. The van der Waals surface area contributed by atoms with Crippen LogP contribution in [0.1, 0.15) is 35.1 Å². The number of nitrogens with one attached hydrogen (secondary N) is 1. The minimum absolute atomic E-state index is 0.0324. The number of carbonyl (C=O) groups excluding carboxylic acids is 4. The number of aromatic hydroxyl groups is 1. The number of benzene rings is 2. The van der Waals surface area contributed by atoms with Crippen molar-refractivity contribution in [1.82, 2.24) is 5.32 Å². The SMILES string of the molecule is Cc1ccc(OC(=O)NCc2cc(N(C)C)c3c(c2O)C(O)=C2C(=O)[C@]4(O)C(O)=C(C(N)=O)C(=O)CC4CC2C3)cc1. The van der Waals surface area contributed by atoms with Gasteiger partial charge in [0.25, 0.3) is 5.91 Å². The Labute approximate surface area is 240 Å². The van der Waals surface area contributed by atoms with Gasteiger partial charge < -0.3 is 41.1 Å². The molecule has 12 heteroatoms. The molecule has 0 radical (unpaired) electrons. The first-order valence-corrected chi connectivity index (χ1v) is 13.3. The maximum absolute atomic E-state index is 13.8. The number of ether oxygens (including phenoxy) is 1. The lowest BCUT2D eigenvalue weighted by Crippen LogP contribution is -2.58. The molecule has 7 N–H and O–H groups in total. The van der Waals surface area contributed by atoms with Gasteiger partial charge >= 0.3 is 6.09 Å². The van der Waals surface area contributed by atoms with Crippen molar-refractivity contribution in [2.75, 3.05) is 19.0 Å². The van der Waals surface area contributed by atoms with Gasteiger partial charge in [0.05, 0.1) is 5.56 Å². The molecule has 3 aliphatic rings. The fraction of sp³-hybridized carbons (Fsp3) is 0.333. The average Bonchev–Trinajstić information content (AvgIpc) is 2.91. The van der Waals surface area contributed by atoms with Crippen molar-refractivity contribution in [2.45, 2.75) is 38.3 Å². The number of anilines is 1. The summed E-state index contributed by atoms with van der Waals surface area (Å²) in [6.07, 6.45) is -0.972. The van der Waals surface area contributed by atoms with Crippen molar-refractivity contribution < 1.29 is 44.3 Å². The predicted molar refractivity (Wildman–Crippen MR) is 150 cm³/mol. The molecule has 3 atom stereocenters. The van der Waals surface area contributed by atoms with Crippen LogP contribution in [-0.2, 0) is 27.3 Å². The molecule has 2 unspecified atom stereocenters. The normalized spacial score (nSPS) is 23.1. The van der Waals surface area contributed by atoms with Crippen LogP contribution in [0.25, 0.3) is 5.76 Å². The zero-order chi connectivity index (χ0) is 30.7.